The number of halogens is 1. The minimum atomic E-state index is 0.745. The summed E-state index contributed by atoms with van der Waals surface area (Å²) < 4.78 is 3.89. The van der Waals surface area contributed by atoms with E-state index in [4.69, 9.17) is 12.2 Å². The molecule has 0 amide bonds. The van der Waals surface area contributed by atoms with Gasteiger partial charge in [0.15, 0.2) is 4.77 Å². The van der Waals surface area contributed by atoms with Gasteiger partial charge in [-0.2, -0.15) is 0 Å². The van der Waals surface area contributed by atoms with Gasteiger partial charge in [0.2, 0.25) is 0 Å². The van der Waals surface area contributed by atoms with Crippen molar-refractivity contribution in [3.05, 3.63) is 43.5 Å². The number of H-pyrrole nitrogens is 1. The molecule has 0 saturated carbocycles. The van der Waals surface area contributed by atoms with E-state index in [-0.39, 0.29) is 0 Å². The molecule has 0 aliphatic heterocycles. The van der Waals surface area contributed by atoms with Crippen molar-refractivity contribution in [3.8, 4) is 0 Å². The Morgan fingerprint density at radius 1 is 1.50 bits per heavy atom. The molecule has 0 aliphatic carbocycles. The number of imidazole rings is 1. The fourth-order valence-electron chi connectivity index (χ4n) is 1.93. The molecule has 0 saturated heterocycles. The Morgan fingerprint density at radius 2 is 2.33 bits per heavy atom. The molecule has 0 spiro atoms. The third-order valence-electron chi connectivity index (χ3n) is 2.72. The van der Waals surface area contributed by atoms with Gasteiger partial charge in [-0.25, -0.2) is 4.98 Å². The number of fused-ring (bicyclic) bond motifs is 1. The van der Waals surface area contributed by atoms with Gasteiger partial charge in [0.25, 0.3) is 0 Å². The number of aromatic nitrogens is 3. The number of nitrogens with zero attached hydrogens (tertiary/aromatic N) is 2. The number of aromatic amines is 1. The lowest BCUT2D eigenvalue weighted by Crippen LogP contribution is -1.97. The number of benzene rings is 1. The van der Waals surface area contributed by atoms with Crippen LogP contribution in [0.25, 0.3) is 11.0 Å². The van der Waals surface area contributed by atoms with Crippen molar-refractivity contribution in [3.63, 3.8) is 0 Å². The summed E-state index contributed by atoms with van der Waals surface area (Å²) in [6, 6.07) is 6.14. The van der Waals surface area contributed by atoms with Crippen molar-refractivity contribution < 1.29 is 0 Å². The van der Waals surface area contributed by atoms with Gasteiger partial charge in [0, 0.05) is 15.5 Å². The van der Waals surface area contributed by atoms with Crippen molar-refractivity contribution >= 4 is 50.5 Å². The van der Waals surface area contributed by atoms with E-state index in [1.807, 2.05) is 25.3 Å². The highest BCUT2D eigenvalue weighted by atomic mass is 79.9. The molecule has 18 heavy (non-hydrogen) atoms. The first-order chi connectivity index (χ1) is 8.63. The third-order valence-corrected chi connectivity index (χ3v) is 4.43. The zero-order chi connectivity index (χ0) is 12.7. The van der Waals surface area contributed by atoms with E-state index in [0.717, 1.165) is 31.8 Å². The molecular weight excluding hydrogens is 330 g/mol. The van der Waals surface area contributed by atoms with Crippen LogP contribution < -0.4 is 0 Å². The molecule has 2 heterocycles. The second kappa shape index (κ2) is 4.60. The summed E-state index contributed by atoms with van der Waals surface area (Å²) in [7, 11) is 0. The largest absolute Gasteiger partial charge is 0.331 e. The quantitative estimate of drug-likeness (QED) is 0.707. The van der Waals surface area contributed by atoms with E-state index >= 15 is 0 Å². The van der Waals surface area contributed by atoms with Gasteiger partial charge in [-0.3, -0.25) is 0 Å². The summed E-state index contributed by atoms with van der Waals surface area (Å²) in [5.41, 5.74) is 2.17. The third kappa shape index (κ3) is 2.15. The molecule has 0 bridgehead atoms. The van der Waals surface area contributed by atoms with Crippen LogP contribution in [-0.2, 0) is 6.54 Å². The first-order valence-electron chi connectivity index (χ1n) is 5.43. The van der Waals surface area contributed by atoms with Gasteiger partial charge < -0.3 is 9.55 Å². The minimum Gasteiger partial charge on any atom is -0.331 e. The number of rotatable bonds is 2. The van der Waals surface area contributed by atoms with Gasteiger partial charge in [0.1, 0.15) is 0 Å². The Bertz CT molecular complexity index is 769. The summed E-state index contributed by atoms with van der Waals surface area (Å²) >= 11 is 10.5. The van der Waals surface area contributed by atoms with Crippen molar-refractivity contribution in [2.45, 2.75) is 13.5 Å². The molecule has 0 unspecified atom stereocenters. The van der Waals surface area contributed by atoms with Crippen LogP contribution in [-0.4, -0.2) is 14.5 Å². The van der Waals surface area contributed by atoms with Crippen molar-refractivity contribution in [2.75, 3.05) is 0 Å². The molecule has 0 radical (unpaired) electrons. The normalized spacial score (nSPS) is 11.2. The summed E-state index contributed by atoms with van der Waals surface area (Å²) in [6.45, 7) is 2.78. The first-order valence-corrected chi connectivity index (χ1v) is 7.44. The molecule has 6 heteroatoms. The molecule has 0 fully saturated rings. The SMILES string of the molecule is Cc1ncc(Cn2c(=S)[nH]c3cc(Br)ccc32)s1. The molecular formula is C12H10BrN3S2. The molecule has 1 aromatic carbocycles. The fourth-order valence-corrected chi connectivity index (χ4v) is 3.34. The maximum Gasteiger partial charge on any atom is 0.178 e. The standard InChI is InChI=1S/C12H10BrN3S2/c1-7-14-5-9(18-7)6-16-11-3-2-8(13)4-10(11)15-12(16)17/h2-5H,6H2,1H3,(H,15,17). The van der Waals surface area contributed by atoms with Crippen LogP contribution in [0, 0.1) is 11.7 Å². The topological polar surface area (TPSA) is 33.6 Å². The smallest absolute Gasteiger partial charge is 0.178 e. The maximum absolute atomic E-state index is 5.38. The van der Waals surface area contributed by atoms with E-state index in [9.17, 15) is 0 Å². The van der Waals surface area contributed by atoms with Crippen molar-refractivity contribution in [1.82, 2.24) is 14.5 Å². The Balaban J connectivity index is 2.11. The minimum absolute atomic E-state index is 0.745. The highest BCUT2D eigenvalue weighted by molar-refractivity contribution is 9.10. The number of hydrogen-bond acceptors (Lipinski definition) is 3. The van der Waals surface area contributed by atoms with E-state index < -0.39 is 0 Å². The van der Waals surface area contributed by atoms with Crippen LogP contribution in [0.5, 0.6) is 0 Å². The van der Waals surface area contributed by atoms with Gasteiger partial charge in [-0.05, 0) is 37.3 Å². The lowest BCUT2D eigenvalue weighted by atomic mass is 10.3. The molecule has 2 aromatic heterocycles. The van der Waals surface area contributed by atoms with Gasteiger partial charge in [0.05, 0.1) is 22.6 Å². The molecule has 0 aliphatic rings. The number of thiazole rings is 1. The molecule has 0 atom stereocenters. The van der Waals surface area contributed by atoms with Gasteiger partial charge in [-0.1, -0.05) is 15.9 Å². The second-order valence-corrected chi connectivity index (χ2v) is 6.65. The van der Waals surface area contributed by atoms with Crippen molar-refractivity contribution in [2.24, 2.45) is 0 Å². The van der Waals surface area contributed by atoms with Gasteiger partial charge >= 0.3 is 0 Å². The zero-order valence-electron chi connectivity index (χ0n) is 9.61. The summed E-state index contributed by atoms with van der Waals surface area (Å²) in [5.74, 6) is 0. The van der Waals surface area contributed by atoms with E-state index in [0.29, 0.717) is 0 Å². The highest BCUT2D eigenvalue weighted by Crippen LogP contribution is 2.22. The van der Waals surface area contributed by atoms with Crippen LogP contribution in [0.1, 0.15) is 9.88 Å². The zero-order valence-corrected chi connectivity index (χ0v) is 12.8. The average Bonchev–Trinajstić information content (AvgIpc) is 2.84. The van der Waals surface area contributed by atoms with E-state index in [1.54, 1.807) is 11.3 Å². The summed E-state index contributed by atoms with van der Waals surface area (Å²) in [6.07, 6.45) is 1.92. The number of nitrogens with one attached hydrogen (secondary N) is 1. The van der Waals surface area contributed by atoms with Crippen LogP contribution in [0.2, 0.25) is 0 Å². The summed E-state index contributed by atoms with van der Waals surface area (Å²) in [4.78, 5) is 8.72. The summed E-state index contributed by atoms with van der Waals surface area (Å²) in [5, 5.41) is 1.08. The van der Waals surface area contributed by atoms with Crippen LogP contribution in [0.4, 0.5) is 0 Å². The maximum atomic E-state index is 5.38. The fraction of sp³-hybridized carbons (Fsp3) is 0.167. The first kappa shape index (κ1) is 12.1. The van der Waals surface area contributed by atoms with Crippen molar-refractivity contribution in [1.29, 1.82) is 0 Å². The van der Waals surface area contributed by atoms with Gasteiger partial charge in [-0.15, -0.1) is 11.3 Å². The Hall–Kier alpha value is -0.980. The number of hydrogen-bond donors (Lipinski definition) is 1. The van der Waals surface area contributed by atoms with Crippen LogP contribution in [0.15, 0.2) is 28.9 Å². The molecule has 3 rings (SSSR count). The highest BCUT2D eigenvalue weighted by Gasteiger charge is 2.07. The van der Waals surface area contributed by atoms with Crippen LogP contribution in [0.3, 0.4) is 0 Å². The Labute approximate surface area is 122 Å². The predicted octanol–water partition coefficient (Wildman–Crippen LogP) is 4.27. The molecule has 3 aromatic rings. The van der Waals surface area contributed by atoms with Crippen LogP contribution >= 0.6 is 39.5 Å². The average molecular weight is 340 g/mol. The number of aryl methyl sites for hydroxylation is 1. The lowest BCUT2D eigenvalue weighted by Gasteiger charge is -2.01. The lowest BCUT2D eigenvalue weighted by molar-refractivity contribution is 0.821. The Morgan fingerprint density at radius 3 is 3.06 bits per heavy atom. The molecule has 92 valence electrons. The predicted molar refractivity (Wildman–Crippen MR) is 80.8 cm³/mol. The second-order valence-electron chi connectivity index (χ2n) is 4.02. The van der Waals surface area contributed by atoms with E-state index in [1.165, 1.54) is 4.88 Å². The van der Waals surface area contributed by atoms with E-state index in [2.05, 4.69) is 36.5 Å². The molecule has 3 nitrogen and oxygen atoms in total. The monoisotopic (exact) mass is 339 g/mol. The Kier molecular flexibility index (Phi) is 3.09. The molecule has 1 N–H and O–H groups in total.